The molecule has 0 amide bonds. The van der Waals surface area contributed by atoms with Gasteiger partial charge in [0, 0.05) is 25.6 Å². The second-order valence-electron chi connectivity index (χ2n) is 10.1. The standard InChI is InChI=1S/C26H44O7/c1-16(14-26(5)25(33-26)18(3)24(31-7)19(4)28)9-8-10-17(2)21-12-11-20(15-27)22(32-21)13-23(29)30-6/h8-10,16,18-22,24-25,27-28H,11-15H2,1-7H3/b9-8+,17-10+/t16-,18-,19-,20+,21+,22+,24?,25-,26-/m1/s1. The van der Waals surface area contributed by atoms with E-state index in [1.165, 1.54) is 7.11 Å². The number of ether oxygens (including phenoxy) is 4. The van der Waals surface area contributed by atoms with E-state index >= 15 is 0 Å². The maximum absolute atomic E-state index is 11.7. The monoisotopic (exact) mass is 468 g/mol. The van der Waals surface area contributed by atoms with Gasteiger partial charge in [0.25, 0.3) is 0 Å². The van der Waals surface area contributed by atoms with Gasteiger partial charge in [-0.25, -0.2) is 0 Å². The summed E-state index contributed by atoms with van der Waals surface area (Å²) < 4.78 is 22.4. The Morgan fingerprint density at radius 2 is 1.94 bits per heavy atom. The smallest absolute Gasteiger partial charge is 0.308 e. The Morgan fingerprint density at radius 3 is 2.52 bits per heavy atom. The highest BCUT2D eigenvalue weighted by atomic mass is 16.6. The van der Waals surface area contributed by atoms with Crippen LogP contribution < -0.4 is 0 Å². The number of hydrogen-bond donors (Lipinski definition) is 2. The summed E-state index contributed by atoms with van der Waals surface area (Å²) in [4.78, 5) is 11.7. The van der Waals surface area contributed by atoms with Gasteiger partial charge in [-0.05, 0) is 51.5 Å². The van der Waals surface area contributed by atoms with E-state index in [0.29, 0.717) is 5.92 Å². The minimum Gasteiger partial charge on any atom is -0.469 e. The first kappa shape index (κ1) is 28.0. The fourth-order valence-corrected chi connectivity index (χ4v) is 5.27. The average molecular weight is 469 g/mol. The van der Waals surface area contributed by atoms with Crippen LogP contribution in [-0.2, 0) is 23.7 Å². The number of epoxide rings is 1. The number of methoxy groups -OCH3 is 2. The van der Waals surface area contributed by atoms with Crippen LogP contribution in [0.4, 0.5) is 0 Å². The van der Waals surface area contributed by atoms with Gasteiger partial charge >= 0.3 is 5.97 Å². The van der Waals surface area contributed by atoms with Crippen molar-refractivity contribution in [2.45, 2.75) is 96.4 Å². The molecule has 1 unspecified atom stereocenters. The lowest BCUT2D eigenvalue weighted by atomic mass is 9.85. The summed E-state index contributed by atoms with van der Waals surface area (Å²) in [6, 6.07) is 0. The molecule has 9 atom stereocenters. The van der Waals surface area contributed by atoms with E-state index in [2.05, 4.69) is 39.0 Å². The number of carbonyl (C=O) groups excluding carboxylic acids is 1. The molecule has 190 valence electrons. The van der Waals surface area contributed by atoms with Gasteiger partial charge in [-0.1, -0.05) is 32.1 Å². The third kappa shape index (κ3) is 7.62. The lowest BCUT2D eigenvalue weighted by molar-refractivity contribution is -0.149. The third-order valence-electron chi connectivity index (χ3n) is 7.21. The summed E-state index contributed by atoms with van der Waals surface area (Å²) >= 11 is 0. The van der Waals surface area contributed by atoms with E-state index < -0.39 is 6.10 Å². The molecule has 7 nitrogen and oxygen atoms in total. The Labute approximate surface area is 199 Å². The first-order valence-electron chi connectivity index (χ1n) is 12.1. The van der Waals surface area contributed by atoms with Gasteiger partial charge in [-0.3, -0.25) is 4.79 Å². The van der Waals surface area contributed by atoms with E-state index in [1.807, 2.05) is 6.92 Å². The van der Waals surface area contributed by atoms with Crippen LogP contribution in [0.5, 0.6) is 0 Å². The highest BCUT2D eigenvalue weighted by Crippen LogP contribution is 2.47. The van der Waals surface area contributed by atoms with Crippen molar-refractivity contribution in [3.05, 3.63) is 23.8 Å². The highest BCUT2D eigenvalue weighted by molar-refractivity contribution is 5.69. The number of aliphatic hydroxyl groups excluding tert-OH is 2. The normalized spacial score (nSPS) is 34.0. The van der Waals surface area contributed by atoms with Crippen LogP contribution >= 0.6 is 0 Å². The van der Waals surface area contributed by atoms with Crippen LogP contribution in [0.1, 0.15) is 60.3 Å². The van der Waals surface area contributed by atoms with Gasteiger partial charge < -0.3 is 29.2 Å². The van der Waals surface area contributed by atoms with Crippen LogP contribution in [0.25, 0.3) is 0 Å². The molecule has 2 saturated heterocycles. The van der Waals surface area contributed by atoms with Crippen LogP contribution in [0.15, 0.2) is 23.8 Å². The minimum atomic E-state index is -0.536. The number of carbonyl (C=O) groups is 1. The molecular weight excluding hydrogens is 424 g/mol. The number of allylic oxidation sites excluding steroid dienone is 3. The Hall–Kier alpha value is -1.25. The molecule has 2 N–H and O–H groups in total. The van der Waals surface area contributed by atoms with Crippen LogP contribution in [0, 0.1) is 17.8 Å². The van der Waals surface area contributed by atoms with Crippen molar-refractivity contribution in [3.63, 3.8) is 0 Å². The minimum absolute atomic E-state index is 0.0113. The van der Waals surface area contributed by atoms with E-state index in [9.17, 15) is 15.0 Å². The predicted octanol–water partition coefficient (Wildman–Crippen LogP) is 3.42. The Kier molecular flexibility index (Phi) is 10.6. The molecule has 2 fully saturated rings. The topological polar surface area (TPSA) is 97.8 Å². The largest absolute Gasteiger partial charge is 0.469 e. The zero-order valence-corrected chi connectivity index (χ0v) is 21.3. The van der Waals surface area contributed by atoms with Crippen molar-refractivity contribution in [1.29, 1.82) is 0 Å². The van der Waals surface area contributed by atoms with Gasteiger partial charge in [0.15, 0.2) is 0 Å². The molecule has 2 aliphatic rings. The molecule has 0 radical (unpaired) electrons. The SMILES string of the molecule is COC(=O)C[C@@H]1O[C@H](/C(C)=C/C=C/[C@@H](C)C[C@@]2(C)O[C@@H]2[C@H](C)C(OC)[C@@H](C)O)CC[C@H]1CO. The number of hydrogen-bond acceptors (Lipinski definition) is 7. The molecule has 0 spiro atoms. The predicted molar refractivity (Wildman–Crippen MR) is 127 cm³/mol. The Balaban J connectivity index is 1.89. The summed E-state index contributed by atoms with van der Waals surface area (Å²) in [5, 5.41) is 19.6. The molecule has 33 heavy (non-hydrogen) atoms. The van der Waals surface area contributed by atoms with Gasteiger partial charge in [-0.15, -0.1) is 0 Å². The van der Waals surface area contributed by atoms with E-state index in [1.54, 1.807) is 14.0 Å². The fourth-order valence-electron chi connectivity index (χ4n) is 5.27. The maximum Gasteiger partial charge on any atom is 0.308 e. The molecule has 0 aliphatic carbocycles. The molecule has 2 rings (SSSR count). The summed E-state index contributed by atoms with van der Waals surface area (Å²) in [5.74, 6) is 0.0809. The van der Waals surface area contributed by atoms with E-state index in [-0.39, 0.29) is 60.8 Å². The Morgan fingerprint density at radius 1 is 1.24 bits per heavy atom. The molecule has 0 aromatic rings. The van der Waals surface area contributed by atoms with Crippen molar-refractivity contribution >= 4 is 5.97 Å². The van der Waals surface area contributed by atoms with Crippen LogP contribution in [0.3, 0.4) is 0 Å². The fraction of sp³-hybridized carbons (Fsp3) is 0.808. The molecular formula is C26H44O7. The van der Waals surface area contributed by atoms with Gasteiger partial charge in [0.05, 0.1) is 49.7 Å². The first-order valence-corrected chi connectivity index (χ1v) is 12.1. The van der Waals surface area contributed by atoms with Crippen molar-refractivity contribution in [2.75, 3.05) is 20.8 Å². The summed E-state index contributed by atoms with van der Waals surface area (Å²) in [6.07, 6.45) is 7.91. The molecule has 0 bridgehead atoms. The maximum atomic E-state index is 11.7. The summed E-state index contributed by atoms with van der Waals surface area (Å²) in [6.45, 7) is 10.2. The average Bonchev–Trinajstić information content (AvgIpc) is 3.43. The first-order chi connectivity index (χ1) is 15.6. The zero-order chi connectivity index (χ0) is 24.8. The van der Waals surface area contributed by atoms with Gasteiger partial charge in [0.2, 0.25) is 0 Å². The zero-order valence-electron chi connectivity index (χ0n) is 21.3. The third-order valence-corrected chi connectivity index (χ3v) is 7.21. The second kappa shape index (κ2) is 12.5. The molecule has 2 aliphatic heterocycles. The molecule has 7 heteroatoms. The highest BCUT2D eigenvalue weighted by Gasteiger charge is 2.56. The number of rotatable bonds is 12. The van der Waals surface area contributed by atoms with E-state index in [0.717, 1.165) is 24.8 Å². The van der Waals surface area contributed by atoms with Crippen molar-refractivity contribution in [1.82, 2.24) is 0 Å². The van der Waals surface area contributed by atoms with Crippen molar-refractivity contribution in [3.8, 4) is 0 Å². The molecule has 2 heterocycles. The second-order valence-corrected chi connectivity index (χ2v) is 10.1. The summed E-state index contributed by atoms with van der Waals surface area (Å²) in [5.41, 5.74) is 0.894. The number of aliphatic hydroxyl groups is 2. The van der Waals surface area contributed by atoms with Gasteiger partial charge in [-0.2, -0.15) is 0 Å². The molecule has 0 aromatic heterocycles. The molecule has 0 saturated carbocycles. The number of esters is 1. The molecule has 0 aromatic carbocycles. The van der Waals surface area contributed by atoms with Gasteiger partial charge in [0.1, 0.15) is 0 Å². The van der Waals surface area contributed by atoms with Crippen LogP contribution in [-0.4, -0.2) is 73.1 Å². The Bertz CT molecular complexity index is 688. The van der Waals surface area contributed by atoms with Crippen molar-refractivity contribution < 1.29 is 34.0 Å². The van der Waals surface area contributed by atoms with E-state index in [4.69, 9.17) is 18.9 Å². The quantitative estimate of drug-likeness (QED) is 0.257. The van der Waals surface area contributed by atoms with Crippen LogP contribution in [0.2, 0.25) is 0 Å². The lowest BCUT2D eigenvalue weighted by Crippen LogP contribution is -2.39. The summed E-state index contributed by atoms with van der Waals surface area (Å²) in [7, 11) is 3.00. The van der Waals surface area contributed by atoms with Crippen molar-refractivity contribution in [2.24, 2.45) is 17.8 Å². The lowest BCUT2D eigenvalue weighted by Gasteiger charge is -2.35.